The molecule has 2 rings (SSSR count). The summed E-state index contributed by atoms with van der Waals surface area (Å²) in [5.41, 5.74) is 7.84. The predicted octanol–water partition coefficient (Wildman–Crippen LogP) is 2.96. The van der Waals surface area contributed by atoms with E-state index in [2.05, 4.69) is 26.3 Å². The van der Waals surface area contributed by atoms with Crippen molar-refractivity contribution >= 4 is 33.1 Å². The maximum atomic E-state index is 13.4. The fourth-order valence-corrected chi connectivity index (χ4v) is 1.97. The average Bonchev–Trinajstić information content (AvgIpc) is 2.54. The lowest BCUT2D eigenvalue weighted by Crippen LogP contribution is -1.98. The minimum Gasteiger partial charge on any atom is -0.394 e. The third-order valence-corrected chi connectivity index (χ3v) is 2.99. The summed E-state index contributed by atoms with van der Waals surface area (Å²) in [4.78, 5) is 0. The highest BCUT2D eigenvalue weighted by atomic mass is 79.9. The number of rotatable bonds is 2. The van der Waals surface area contributed by atoms with Crippen molar-refractivity contribution in [1.82, 2.24) is 9.78 Å². The largest absolute Gasteiger partial charge is 0.394 e. The van der Waals surface area contributed by atoms with Crippen LogP contribution in [0.3, 0.4) is 0 Å². The highest BCUT2D eigenvalue weighted by Gasteiger charge is 2.09. The van der Waals surface area contributed by atoms with Gasteiger partial charge in [0.1, 0.15) is 5.82 Å². The van der Waals surface area contributed by atoms with Gasteiger partial charge in [-0.15, -0.1) is 0 Å². The van der Waals surface area contributed by atoms with Crippen LogP contribution in [0.15, 0.2) is 22.8 Å². The molecular weight excluding hydrogens is 287 g/mol. The van der Waals surface area contributed by atoms with Gasteiger partial charge >= 0.3 is 0 Å². The van der Waals surface area contributed by atoms with E-state index in [1.165, 1.54) is 6.07 Å². The summed E-state index contributed by atoms with van der Waals surface area (Å²) in [5.74, 6) is 0.199. The zero-order valence-electron chi connectivity index (χ0n) is 9.46. The number of nitrogens with zero attached hydrogens (tertiary/aromatic N) is 2. The Morgan fingerprint density at radius 1 is 1.47 bits per heavy atom. The summed E-state index contributed by atoms with van der Waals surface area (Å²) >= 11 is 3.14. The Kier molecular flexibility index (Phi) is 3.06. The number of hydrogen-bond acceptors (Lipinski definition) is 3. The molecule has 0 spiro atoms. The van der Waals surface area contributed by atoms with Crippen LogP contribution in [0, 0.1) is 12.7 Å². The van der Waals surface area contributed by atoms with Crippen molar-refractivity contribution in [3.8, 4) is 0 Å². The van der Waals surface area contributed by atoms with E-state index in [0.717, 1.165) is 5.56 Å². The normalized spacial score (nSPS) is 10.6. The van der Waals surface area contributed by atoms with E-state index < -0.39 is 0 Å². The first kappa shape index (κ1) is 11.9. The van der Waals surface area contributed by atoms with Crippen LogP contribution in [0.25, 0.3) is 0 Å². The molecule has 0 fully saturated rings. The lowest BCUT2D eigenvalue weighted by atomic mass is 10.2. The molecule has 17 heavy (non-hydrogen) atoms. The number of hydrogen-bond donors (Lipinski definition) is 2. The van der Waals surface area contributed by atoms with Gasteiger partial charge in [0, 0.05) is 18.9 Å². The van der Waals surface area contributed by atoms with Gasteiger partial charge in [-0.05, 0) is 40.5 Å². The van der Waals surface area contributed by atoms with Gasteiger partial charge in [-0.25, -0.2) is 4.39 Å². The van der Waals surface area contributed by atoms with Crippen molar-refractivity contribution in [2.75, 3.05) is 11.1 Å². The summed E-state index contributed by atoms with van der Waals surface area (Å²) in [6.45, 7) is 1.88. The van der Waals surface area contributed by atoms with Gasteiger partial charge in [-0.3, -0.25) is 4.68 Å². The molecule has 0 aliphatic carbocycles. The molecule has 1 aromatic carbocycles. The molecule has 0 bridgehead atoms. The Balaban J connectivity index is 2.36. The topological polar surface area (TPSA) is 55.9 Å². The fraction of sp³-hybridized carbons (Fsp3) is 0.182. The van der Waals surface area contributed by atoms with Gasteiger partial charge in [0.25, 0.3) is 0 Å². The summed E-state index contributed by atoms with van der Waals surface area (Å²) in [7, 11) is 1.77. The Morgan fingerprint density at radius 3 is 2.76 bits per heavy atom. The van der Waals surface area contributed by atoms with Gasteiger partial charge in [-0.1, -0.05) is 0 Å². The second-order valence-corrected chi connectivity index (χ2v) is 4.67. The number of nitrogen functional groups attached to an aromatic ring is 1. The summed E-state index contributed by atoms with van der Waals surface area (Å²) in [6, 6.07) is 3.12. The molecule has 90 valence electrons. The van der Waals surface area contributed by atoms with Crippen molar-refractivity contribution in [1.29, 1.82) is 0 Å². The van der Waals surface area contributed by atoms with Crippen molar-refractivity contribution in [2.24, 2.45) is 7.05 Å². The smallest absolute Gasteiger partial charge is 0.175 e. The second-order valence-electron chi connectivity index (χ2n) is 3.81. The van der Waals surface area contributed by atoms with Crippen LogP contribution in [-0.2, 0) is 7.05 Å². The SMILES string of the molecule is Cc1cc(Br)c(F)cc1Nc1nn(C)cc1N. The summed E-state index contributed by atoms with van der Waals surface area (Å²) < 4.78 is 15.5. The van der Waals surface area contributed by atoms with Gasteiger partial charge < -0.3 is 11.1 Å². The van der Waals surface area contributed by atoms with Crippen LogP contribution in [0.5, 0.6) is 0 Å². The first-order chi connectivity index (χ1) is 7.97. The highest BCUT2D eigenvalue weighted by Crippen LogP contribution is 2.27. The molecule has 0 amide bonds. The molecule has 4 nitrogen and oxygen atoms in total. The van der Waals surface area contributed by atoms with Gasteiger partial charge in [-0.2, -0.15) is 5.10 Å². The summed E-state index contributed by atoms with van der Waals surface area (Å²) in [6.07, 6.45) is 1.69. The van der Waals surface area contributed by atoms with Crippen LogP contribution in [0.2, 0.25) is 0 Å². The van der Waals surface area contributed by atoms with E-state index in [1.807, 2.05) is 6.92 Å². The van der Waals surface area contributed by atoms with E-state index in [4.69, 9.17) is 5.73 Å². The Morgan fingerprint density at radius 2 is 2.18 bits per heavy atom. The van der Waals surface area contributed by atoms with Crippen molar-refractivity contribution in [2.45, 2.75) is 6.92 Å². The van der Waals surface area contributed by atoms with Gasteiger partial charge in [0.2, 0.25) is 0 Å². The third-order valence-electron chi connectivity index (χ3n) is 2.38. The third kappa shape index (κ3) is 2.41. The zero-order valence-corrected chi connectivity index (χ0v) is 11.0. The maximum Gasteiger partial charge on any atom is 0.175 e. The fourth-order valence-electron chi connectivity index (χ4n) is 1.51. The molecule has 0 atom stereocenters. The Bertz CT molecular complexity index is 565. The molecular formula is C11H12BrFN4. The van der Waals surface area contributed by atoms with E-state index in [-0.39, 0.29) is 5.82 Å². The van der Waals surface area contributed by atoms with Crippen LogP contribution < -0.4 is 11.1 Å². The standard InChI is InChI=1S/C11H12BrFN4/c1-6-3-7(12)8(13)4-10(6)15-11-9(14)5-17(2)16-11/h3-5H,14H2,1-2H3,(H,15,16). The lowest BCUT2D eigenvalue weighted by Gasteiger charge is -2.08. The number of anilines is 3. The molecule has 1 heterocycles. The minimum atomic E-state index is -0.326. The number of halogens is 2. The van der Waals surface area contributed by atoms with Gasteiger partial charge in [0.05, 0.1) is 10.2 Å². The minimum absolute atomic E-state index is 0.326. The molecule has 0 aliphatic heterocycles. The molecule has 0 saturated carbocycles. The monoisotopic (exact) mass is 298 g/mol. The van der Waals surface area contributed by atoms with E-state index in [0.29, 0.717) is 21.7 Å². The average molecular weight is 299 g/mol. The van der Waals surface area contributed by atoms with Crippen molar-refractivity contribution in [3.05, 3.63) is 34.2 Å². The first-order valence-corrected chi connectivity index (χ1v) is 5.78. The number of benzene rings is 1. The Labute approximate surface area is 107 Å². The van der Waals surface area contributed by atoms with Crippen LogP contribution >= 0.6 is 15.9 Å². The van der Waals surface area contributed by atoms with Crippen molar-refractivity contribution in [3.63, 3.8) is 0 Å². The lowest BCUT2D eigenvalue weighted by molar-refractivity contribution is 0.621. The molecule has 6 heteroatoms. The molecule has 0 unspecified atom stereocenters. The number of aromatic nitrogens is 2. The second kappa shape index (κ2) is 4.37. The molecule has 3 N–H and O–H groups in total. The Hall–Kier alpha value is -1.56. The number of aryl methyl sites for hydroxylation is 2. The molecule has 2 aromatic rings. The van der Waals surface area contributed by atoms with Crippen LogP contribution in [0.4, 0.5) is 21.6 Å². The number of nitrogens with two attached hydrogens (primary N) is 1. The van der Waals surface area contributed by atoms with Crippen molar-refractivity contribution < 1.29 is 4.39 Å². The number of nitrogens with one attached hydrogen (secondary N) is 1. The van der Waals surface area contributed by atoms with Crippen LogP contribution in [-0.4, -0.2) is 9.78 Å². The molecule has 0 saturated heterocycles. The maximum absolute atomic E-state index is 13.4. The first-order valence-electron chi connectivity index (χ1n) is 4.99. The van der Waals surface area contributed by atoms with E-state index in [9.17, 15) is 4.39 Å². The summed E-state index contributed by atoms with van der Waals surface area (Å²) in [5, 5.41) is 7.16. The molecule has 1 aromatic heterocycles. The van der Waals surface area contributed by atoms with E-state index >= 15 is 0 Å². The van der Waals surface area contributed by atoms with Crippen LogP contribution in [0.1, 0.15) is 5.56 Å². The molecule has 0 aliphatic rings. The van der Waals surface area contributed by atoms with E-state index in [1.54, 1.807) is 24.0 Å². The molecule has 0 radical (unpaired) electrons. The highest BCUT2D eigenvalue weighted by molar-refractivity contribution is 9.10. The quantitative estimate of drug-likeness (QED) is 0.896. The predicted molar refractivity (Wildman–Crippen MR) is 69.7 cm³/mol. The zero-order chi connectivity index (χ0) is 12.6. The van der Waals surface area contributed by atoms with Gasteiger partial charge in [0.15, 0.2) is 5.82 Å².